The van der Waals surface area contributed by atoms with E-state index in [2.05, 4.69) is 20.9 Å². The first-order valence-corrected chi connectivity index (χ1v) is 11.7. The average molecular weight is 425 g/mol. The van der Waals surface area contributed by atoms with Crippen LogP contribution in [0.1, 0.15) is 49.5 Å². The molecule has 3 aliphatic heterocycles. The maximum Gasteiger partial charge on any atom is 0.319 e. The highest BCUT2D eigenvalue weighted by Crippen LogP contribution is 2.33. The van der Waals surface area contributed by atoms with Crippen molar-refractivity contribution in [1.29, 1.82) is 0 Å². The Bertz CT molecular complexity index is 974. The molecule has 4 heterocycles. The number of amides is 3. The van der Waals surface area contributed by atoms with E-state index in [1.54, 1.807) is 0 Å². The smallest absolute Gasteiger partial charge is 0.319 e. The van der Waals surface area contributed by atoms with E-state index < -0.39 is 0 Å². The van der Waals surface area contributed by atoms with Gasteiger partial charge in [-0.25, -0.2) is 4.79 Å². The van der Waals surface area contributed by atoms with Crippen molar-refractivity contribution in [2.75, 3.05) is 31.5 Å². The van der Waals surface area contributed by atoms with Gasteiger partial charge in [-0.2, -0.15) is 5.10 Å². The van der Waals surface area contributed by atoms with Crippen LogP contribution < -0.4 is 16.0 Å². The number of hydrogen-bond donors (Lipinski definition) is 3. The van der Waals surface area contributed by atoms with Crippen LogP contribution in [0.15, 0.2) is 18.2 Å². The zero-order chi connectivity index (χ0) is 21.4. The van der Waals surface area contributed by atoms with Gasteiger partial charge in [-0.15, -0.1) is 0 Å². The third-order valence-corrected chi connectivity index (χ3v) is 6.86. The van der Waals surface area contributed by atoms with E-state index in [1.165, 1.54) is 12.8 Å². The first-order chi connectivity index (χ1) is 15.1. The van der Waals surface area contributed by atoms with Crippen LogP contribution in [0.5, 0.6) is 0 Å². The van der Waals surface area contributed by atoms with Gasteiger partial charge in [-0.1, -0.05) is 6.92 Å². The van der Waals surface area contributed by atoms with Crippen LogP contribution in [0.2, 0.25) is 0 Å². The summed E-state index contributed by atoms with van der Waals surface area (Å²) in [5.41, 5.74) is 2.08. The molecule has 1 saturated carbocycles. The number of aromatic nitrogens is 2. The lowest BCUT2D eigenvalue weighted by Crippen LogP contribution is -2.57. The van der Waals surface area contributed by atoms with E-state index in [0.29, 0.717) is 29.8 Å². The SMILES string of the molecule is CCCNC(=O)Nc1ccc2c(c1)c(C(=O)N[C@@H]1CN3CCC1CC3)nn2CC1CC1. The fourth-order valence-electron chi connectivity index (χ4n) is 4.89. The van der Waals surface area contributed by atoms with Crippen molar-refractivity contribution in [1.82, 2.24) is 25.3 Å². The fraction of sp³-hybridized carbons (Fsp3) is 0.609. The Morgan fingerprint density at radius 2 is 1.97 bits per heavy atom. The van der Waals surface area contributed by atoms with E-state index in [9.17, 15) is 9.59 Å². The summed E-state index contributed by atoms with van der Waals surface area (Å²) in [7, 11) is 0. The minimum Gasteiger partial charge on any atom is -0.346 e. The summed E-state index contributed by atoms with van der Waals surface area (Å²) >= 11 is 0. The van der Waals surface area contributed by atoms with Crippen molar-refractivity contribution in [2.24, 2.45) is 11.8 Å². The third-order valence-electron chi connectivity index (χ3n) is 6.86. The molecule has 1 aromatic heterocycles. The Kier molecular flexibility index (Phi) is 5.56. The molecule has 3 N–H and O–H groups in total. The number of rotatable bonds is 7. The summed E-state index contributed by atoms with van der Waals surface area (Å²) in [6.45, 7) is 6.70. The standard InChI is InChI=1S/C23H32N6O2/c1-2-9-24-23(31)25-17-5-6-20-18(12-17)21(27-29(20)13-15-3-4-15)22(30)26-19-14-28-10-7-16(19)8-11-28/h5-6,12,15-16,19H,2-4,7-11,13-14H2,1H3,(H,26,30)(H2,24,25,31)/t19-/m1/s1. The predicted octanol–water partition coefficient (Wildman–Crippen LogP) is 2.80. The summed E-state index contributed by atoms with van der Waals surface area (Å²) in [5, 5.41) is 14.5. The maximum absolute atomic E-state index is 13.3. The molecule has 6 rings (SSSR count). The second kappa shape index (κ2) is 8.49. The number of fused-ring (bicyclic) bond motifs is 4. The molecule has 4 fully saturated rings. The lowest BCUT2D eigenvalue weighted by Gasteiger charge is -2.44. The van der Waals surface area contributed by atoms with Crippen LogP contribution in [0.25, 0.3) is 10.9 Å². The number of urea groups is 1. The van der Waals surface area contributed by atoms with Gasteiger partial charge in [0.25, 0.3) is 5.91 Å². The van der Waals surface area contributed by atoms with Crippen molar-refractivity contribution < 1.29 is 9.59 Å². The normalized spacial score (nSPS) is 24.9. The van der Waals surface area contributed by atoms with E-state index in [4.69, 9.17) is 5.10 Å². The fourth-order valence-corrected chi connectivity index (χ4v) is 4.89. The molecule has 1 atom stereocenters. The molecule has 4 aliphatic rings. The molecular formula is C23H32N6O2. The Morgan fingerprint density at radius 3 is 2.65 bits per heavy atom. The number of hydrogen-bond acceptors (Lipinski definition) is 4. The quantitative estimate of drug-likeness (QED) is 0.637. The van der Waals surface area contributed by atoms with Gasteiger partial charge < -0.3 is 20.9 Å². The summed E-state index contributed by atoms with van der Waals surface area (Å²) in [6.07, 6.45) is 5.63. The molecule has 166 valence electrons. The van der Waals surface area contributed by atoms with Crippen molar-refractivity contribution in [3.8, 4) is 0 Å². The van der Waals surface area contributed by atoms with E-state index in [0.717, 1.165) is 56.3 Å². The van der Waals surface area contributed by atoms with Crippen LogP contribution in [-0.2, 0) is 6.54 Å². The van der Waals surface area contributed by atoms with E-state index in [1.807, 2.05) is 29.8 Å². The lowest BCUT2D eigenvalue weighted by molar-refractivity contribution is 0.0618. The molecular weight excluding hydrogens is 392 g/mol. The Labute approximate surface area is 182 Å². The number of carbonyl (C=O) groups is 2. The molecule has 2 aromatic rings. The average Bonchev–Trinajstić information content (AvgIpc) is 3.53. The monoisotopic (exact) mass is 424 g/mol. The molecule has 0 spiro atoms. The Morgan fingerprint density at radius 1 is 1.16 bits per heavy atom. The van der Waals surface area contributed by atoms with Gasteiger partial charge >= 0.3 is 6.03 Å². The number of carbonyl (C=O) groups excluding carboxylic acids is 2. The van der Waals surface area contributed by atoms with Crippen molar-refractivity contribution in [3.63, 3.8) is 0 Å². The van der Waals surface area contributed by atoms with Gasteiger partial charge in [0, 0.05) is 36.7 Å². The maximum atomic E-state index is 13.3. The Balaban J connectivity index is 1.40. The highest BCUT2D eigenvalue weighted by molar-refractivity contribution is 6.06. The molecule has 8 heteroatoms. The van der Waals surface area contributed by atoms with Crippen LogP contribution in [0.4, 0.5) is 10.5 Å². The first-order valence-electron chi connectivity index (χ1n) is 11.7. The summed E-state index contributed by atoms with van der Waals surface area (Å²) in [4.78, 5) is 27.8. The van der Waals surface area contributed by atoms with Crippen molar-refractivity contribution in [3.05, 3.63) is 23.9 Å². The molecule has 0 unspecified atom stereocenters. The first kappa shape index (κ1) is 20.3. The zero-order valence-corrected chi connectivity index (χ0v) is 18.2. The molecule has 1 aliphatic carbocycles. The second-order valence-electron chi connectivity index (χ2n) is 9.30. The lowest BCUT2D eigenvalue weighted by atomic mass is 9.84. The van der Waals surface area contributed by atoms with Gasteiger partial charge in [0.1, 0.15) is 0 Å². The number of anilines is 1. The van der Waals surface area contributed by atoms with Crippen LogP contribution >= 0.6 is 0 Å². The predicted molar refractivity (Wildman–Crippen MR) is 120 cm³/mol. The molecule has 2 bridgehead atoms. The van der Waals surface area contributed by atoms with Crippen LogP contribution in [-0.4, -0.2) is 58.8 Å². The third kappa shape index (κ3) is 4.39. The minimum absolute atomic E-state index is 0.106. The van der Waals surface area contributed by atoms with E-state index >= 15 is 0 Å². The molecule has 3 saturated heterocycles. The highest BCUT2D eigenvalue weighted by Gasteiger charge is 2.35. The van der Waals surface area contributed by atoms with Gasteiger partial charge in [0.05, 0.1) is 5.52 Å². The number of benzene rings is 1. The Hall–Kier alpha value is -2.61. The molecule has 0 radical (unpaired) electrons. The van der Waals surface area contributed by atoms with E-state index in [-0.39, 0.29) is 18.0 Å². The number of piperidine rings is 3. The summed E-state index contributed by atoms with van der Waals surface area (Å²) in [5.74, 6) is 1.11. The zero-order valence-electron chi connectivity index (χ0n) is 18.2. The minimum atomic E-state index is -0.232. The molecule has 8 nitrogen and oxygen atoms in total. The van der Waals surface area contributed by atoms with Crippen molar-refractivity contribution >= 4 is 28.5 Å². The van der Waals surface area contributed by atoms with Crippen LogP contribution in [0, 0.1) is 11.8 Å². The van der Waals surface area contributed by atoms with Crippen molar-refractivity contribution in [2.45, 2.75) is 51.6 Å². The van der Waals surface area contributed by atoms with Gasteiger partial charge in [0.2, 0.25) is 0 Å². The number of nitrogens with zero attached hydrogens (tertiary/aromatic N) is 3. The summed E-state index contributed by atoms with van der Waals surface area (Å²) < 4.78 is 1.97. The molecule has 1 aromatic carbocycles. The molecule has 31 heavy (non-hydrogen) atoms. The van der Waals surface area contributed by atoms with Gasteiger partial charge in [-0.05, 0) is 75.2 Å². The highest BCUT2D eigenvalue weighted by atomic mass is 16.2. The van der Waals surface area contributed by atoms with Gasteiger partial charge in [0.15, 0.2) is 5.69 Å². The largest absolute Gasteiger partial charge is 0.346 e. The summed E-state index contributed by atoms with van der Waals surface area (Å²) in [6, 6.07) is 5.69. The topological polar surface area (TPSA) is 91.3 Å². The number of nitrogens with one attached hydrogen (secondary N) is 3. The van der Waals surface area contributed by atoms with Gasteiger partial charge in [-0.3, -0.25) is 9.48 Å². The second-order valence-corrected chi connectivity index (χ2v) is 9.30. The molecule has 3 amide bonds. The van der Waals surface area contributed by atoms with Crippen LogP contribution in [0.3, 0.4) is 0 Å².